The van der Waals surface area contributed by atoms with Crippen LogP contribution < -0.4 is 4.72 Å². The van der Waals surface area contributed by atoms with E-state index >= 15 is 0 Å². The van der Waals surface area contributed by atoms with Crippen LogP contribution in [-0.2, 0) is 10.0 Å². The van der Waals surface area contributed by atoms with Gasteiger partial charge in [0.15, 0.2) is 10.9 Å². The van der Waals surface area contributed by atoms with Crippen LogP contribution in [0.15, 0.2) is 53.7 Å². The van der Waals surface area contributed by atoms with Crippen LogP contribution in [0.25, 0.3) is 15.2 Å². The smallest absolute Gasteiger partial charge is 0.229 e. The number of carbonyl (C=O) groups excluding carboxylic acids is 1. The van der Waals surface area contributed by atoms with Crippen LogP contribution >= 0.6 is 23.1 Å². The standard InChI is InChI=1S/C17H14N4O3S3/c1-27(23,24)20-12-8-6-11(7-9-12)14(22)10-25-16-18-19-17-21(16)13-4-2-3-5-15(13)26-17/h2-9,20H,10H2,1H3. The fraction of sp³-hybridized carbons (Fsp3) is 0.118. The van der Waals surface area contributed by atoms with E-state index in [0.717, 1.165) is 21.4 Å². The minimum Gasteiger partial charge on any atom is -0.293 e. The number of hydrogen-bond donors (Lipinski definition) is 1. The van der Waals surface area contributed by atoms with Gasteiger partial charge in [-0.2, -0.15) is 0 Å². The van der Waals surface area contributed by atoms with Crippen molar-refractivity contribution in [2.24, 2.45) is 0 Å². The predicted octanol–water partition coefficient (Wildman–Crippen LogP) is 3.29. The number of thiazole rings is 1. The Kier molecular flexibility index (Phi) is 4.62. The maximum atomic E-state index is 12.5. The van der Waals surface area contributed by atoms with Crippen LogP contribution in [0.2, 0.25) is 0 Å². The molecule has 4 rings (SSSR count). The lowest BCUT2D eigenvalue weighted by molar-refractivity contribution is 0.102. The Bertz CT molecular complexity index is 1240. The summed E-state index contributed by atoms with van der Waals surface area (Å²) in [6.45, 7) is 0. The number of aromatic nitrogens is 3. The molecular weight excluding hydrogens is 404 g/mol. The molecule has 7 nitrogen and oxygen atoms in total. The van der Waals surface area contributed by atoms with Crippen LogP contribution in [0.5, 0.6) is 0 Å². The fourth-order valence-electron chi connectivity index (χ4n) is 2.60. The van der Waals surface area contributed by atoms with E-state index in [1.54, 1.807) is 35.6 Å². The maximum Gasteiger partial charge on any atom is 0.229 e. The van der Waals surface area contributed by atoms with Gasteiger partial charge in [0.05, 0.1) is 22.2 Å². The zero-order valence-corrected chi connectivity index (χ0v) is 16.6. The average molecular weight is 419 g/mol. The van der Waals surface area contributed by atoms with Gasteiger partial charge in [-0.1, -0.05) is 35.2 Å². The number of carbonyl (C=O) groups is 1. The molecule has 0 saturated carbocycles. The lowest BCUT2D eigenvalue weighted by atomic mass is 10.1. The fourth-order valence-corrected chi connectivity index (χ4v) is 5.03. The highest BCUT2D eigenvalue weighted by atomic mass is 32.2. The van der Waals surface area contributed by atoms with Crippen molar-refractivity contribution in [3.8, 4) is 0 Å². The van der Waals surface area contributed by atoms with Crippen molar-refractivity contribution in [2.75, 3.05) is 16.7 Å². The average Bonchev–Trinajstić information content (AvgIpc) is 3.18. The normalized spacial score (nSPS) is 11.9. The largest absolute Gasteiger partial charge is 0.293 e. The number of para-hydroxylation sites is 1. The minimum atomic E-state index is -3.34. The molecule has 0 fully saturated rings. The van der Waals surface area contributed by atoms with Crippen LogP contribution in [0.3, 0.4) is 0 Å². The second-order valence-corrected chi connectivity index (χ2v) is 9.53. The summed E-state index contributed by atoms with van der Waals surface area (Å²) in [5, 5.41) is 9.04. The molecule has 0 radical (unpaired) electrons. The number of hydrogen-bond acceptors (Lipinski definition) is 7. The Balaban J connectivity index is 1.50. The molecule has 27 heavy (non-hydrogen) atoms. The Labute approximate surface area is 163 Å². The SMILES string of the molecule is CS(=O)(=O)Nc1ccc(C(=O)CSc2nnc3sc4ccccc4n23)cc1. The van der Waals surface area contributed by atoms with Gasteiger partial charge in [0.25, 0.3) is 0 Å². The van der Waals surface area contributed by atoms with E-state index in [-0.39, 0.29) is 11.5 Å². The zero-order chi connectivity index (χ0) is 19.0. The molecule has 0 bridgehead atoms. The van der Waals surface area contributed by atoms with Crippen LogP contribution in [0, 0.1) is 0 Å². The Morgan fingerprint density at radius 2 is 1.89 bits per heavy atom. The van der Waals surface area contributed by atoms with E-state index < -0.39 is 10.0 Å². The highest BCUT2D eigenvalue weighted by Crippen LogP contribution is 2.29. The van der Waals surface area contributed by atoms with Gasteiger partial charge in [-0.15, -0.1) is 10.2 Å². The summed E-state index contributed by atoms with van der Waals surface area (Å²) in [5.74, 6) is 0.145. The molecule has 10 heteroatoms. The molecule has 2 aromatic carbocycles. The monoisotopic (exact) mass is 418 g/mol. The van der Waals surface area contributed by atoms with Crippen molar-refractivity contribution >= 4 is 59.8 Å². The van der Waals surface area contributed by atoms with E-state index in [1.807, 2.05) is 28.7 Å². The number of benzene rings is 2. The van der Waals surface area contributed by atoms with Gasteiger partial charge in [-0.3, -0.25) is 13.9 Å². The lowest BCUT2D eigenvalue weighted by Gasteiger charge is -2.05. The van der Waals surface area contributed by atoms with Gasteiger partial charge in [0.1, 0.15) is 0 Å². The zero-order valence-electron chi connectivity index (χ0n) is 14.1. The first kappa shape index (κ1) is 18.0. The predicted molar refractivity (Wildman–Crippen MR) is 108 cm³/mol. The number of anilines is 1. The molecule has 2 aromatic heterocycles. The summed E-state index contributed by atoms with van der Waals surface area (Å²) in [4.78, 5) is 13.3. The van der Waals surface area contributed by atoms with Gasteiger partial charge in [-0.25, -0.2) is 8.42 Å². The number of Topliss-reactive ketones (excluding diaryl/α,β-unsaturated/α-hetero) is 1. The van der Waals surface area contributed by atoms with Crippen LogP contribution in [0.4, 0.5) is 5.69 Å². The number of nitrogens with zero attached hydrogens (tertiary/aromatic N) is 3. The van der Waals surface area contributed by atoms with Gasteiger partial charge in [0, 0.05) is 11.3 Å². The molecule has 0 aliphatic carbocycles. The van der Waals surface area contributed by atoms with E-state index in [4.69, 9.17) is 0 Å². The topological polar surface area (TPSA) is 93.4 Å². The molecule has 2 heterocycles. The summed E-state index contributed by atoms with van der Waals surface area (Å²) < 4.78 is 27.9. The lowest BCUT2D eigenvalue weighted by Crippen LogP contribution is -2.10. The van der Waals surface area contributed by atoms with Crippen molar-refractivity contribution in [3.63, 3.8) is 0 Å². The van der Waals surface area contributed by atoms with E-state index in [0.29, 0.717) is 16.4 Å². The maximum absolute atomic E-state index is 12.5. The van der Waals surface area contributed by atoms with Crippen molar-refractivity contribution in [2.45, 2.75) is 5.16 Å². The van der Waals surface area contributed by atoms with Crippen molar-refractivity contribution in [1.29, 1.82) is 0 Å². The number of fused-ring (bicyclic) bond motifs is 3. The summed E-state index contributed by atoms with van der Waals surface area (Å²) in [7, 11) is -3.34. The number of thioether (sulfide) groups is 1. The molecule has 1 N–H and O–H groups in total. The molecule has 0 saturated heterocycles. The highest BCUT2D eigenvalue weighted by molar-refractivity contribution is 7.99. The second kappa shape index (κ2) is 6.95. The number of rotatable bonds is 6. The Morgan fingerprint density at radius 1 is 1.15 bits per heavy atom. The van der Waals surface area contributed by atoms with Crippen LogP contribution in [-0.4, -0.2) is 40.8 Å². The molecule has 0 atom stereocenters. The molecule has 0 spiro atoms. The van der Waals surface area contributed by atoms with Crippen molar-refractivity contribution < 1.29 is 13.2 Å². The minimum absolute atomic E-state index is 0.0674. The van der Waals surface area contributed by atoms with E-state index in [2.05, 4.69) is 14.9 Å². The molecule has 0 aliphatic heterocycles. The third-order valence-electron chi connectivity index (χ3n) is 3.75. The van der Waals surface area contributed by atoms with Gasteiger partial charge >= 0.3 is 0 Å². The third-order valence-corrected chi connectivity index (χ3v) is 6.30. The molecular formula is C17H14N4O3S3. The molecule has 0 amide bonds. The van der Waals surface area contributed by atoms with Crippen LogP contribution in [0.1, 0.15) is 10.4 Å². The van der Waals surface area contributed by atoms with Crippen molar-refractivity contribution in [1.82, 2.24) is 14.6 Å². The van der Waals surface area contributed by atoms with Crippen molar-refractivity contribution in [3.05, 3.63) is 54.1 Å². The Morgan fingerprint density at radius 3 is 2.63 bits per heavy atom. The number of sulfonamides is 1. The van der Waals surface area contributed by atoms with Gasteiger partial charge in [0.2, 0.25) is 15.0 Å². The summed E-state index contributed by atoms with van der Waals surface area (Å²) >= 11 is 2.88. The number of nitrogens with one attached hydrogen (secondary N) is 1. The first-order valence-corrected chi connectivity index (χ1v) is 11.6. The van der Waals surface area contributed by atoms with E-state index in [9.17, 15) is 13.2 Å². The highest BCUT2D eigenvalue weighted by Gasteiger charge is 2.15. The third kappa shape index (κ3) is 3.82. The van der Waals surface area contributed by atoms with Gasteiger partial charge in [-0.05, 0) is 36.4 Å². The molecule has 4 aromatic rings. The molecule has 138 valence electrons. The summed E-state index contributed by atoms with van der Waals surface area (Å²) in [6.07, 6.45) is 1.08. The summed E-state index contributed by atoms with van der Waals surface area (Å²) in [5.41, 5.74) is 1.96. The molecule has 0 aliphatic rings. The summed E-state index contributed by atoms with van der Waals surface area (Å²) in [6, 6.07) is 14.3. The number of ketones is 1. The first-order valence-electron chi connectivity index (χ1n) is 7.87. The second-order valence-electron chi connectivity index (χ2n) is 5.83. The quantitative estimate of drug-likeness (QED) is 0.381. The first-order chi connectivity index (χ1) is 12.9. The van der Waals surface area contributed by atoms with E-state index in [1.165, 1.54) is 11.8 Å². The Hall–Kier alpha value is -2.43. The molecule has 0 unspecified atom stereocenters. The van der Waals surface area contributed by atoms with Gasteiger partial charge < -0.3 is 0 Å².